The molecule has 0 fully saturated rings. The number of fused-ring (bicyclic) bond motifs is 1. The van der Waals surface area contributed by atoms with E-state index in [1.165, 1.54) is 29.8 Å². The van der Waals surface area contributed by atoms with Crippen LogP contribution in [0.1, 0.15) is 48.2 Å². The van der Waals surface area contributed by atoms with Crippen LogP contribution in [0, 0.1) is 11.6 Å². The monoisotopic (exact) mass is 322 g/mol. The number of aryl methyl sites for hydroxylation is 1. The first kappa shape index (κ1) is 14.8. The molecule has 0 atom stereocenters. The van der Waals surface area contributed by atoms with Crippen molar-refractivity contribution >= 4 is 33.8 Å². The van der Waals surface area contributed by atoms with Gasteiger partial charge in [0.25, 0.3) is 0 Å². The highest BCUT2D eigenvalue weighted by Gasteiger charge is 2.17. The highest BCUT2D eigenvalue weighted by Crippen LogP contribution is 2.33. The Morgan fingerprint density at radius 3 is 2.90 bits per heavy atom. The predicted octanol–water partition coefficient (Wildman–Crippen LogP) is 3.69. The SMILES string of the molecule is Cc1c(C(O)O)sc2nc(CC3=CCCCC3)[nH]c(=S)c12. The molecule has 0 radical (unpaired) electrons. The van der Waals surface area contributed by atoms with Crippen molar-refractivity contribution in [3.63, 3.8) is 0 Å². The van der Waals surface area contributed by atoms with Crippen LogP contribution in [0.3, 0.4) is 0 Å². The van der Waals surface area contributed by atoms with Crippen molar-refractivity contribution in [2.24, 2.45) is 0 Å². The largest absolute Gasteiger partial charge is 0.364 e. The summed E-state index contributed by atoms with van der Waals surface area (Å²) >= 11 is 6.73. The van der Waals surface area contributed by atoms with Crippen LogP contribution in [0.5, 0.6) is 0 Å². The lowest BCUT2D eigenvalue weighted by Crippen LogP contribution is -2.01. The number of hydrogen-bond acceptors (Lipinski definition) is 5. The molecule has 0 unspecified atom stereocenters. The number of allylic oxidation sites excluding steroid dienone is 2. The molecule has 2 aromatic heterocycles. The van der Waals surface area contributed by atoms with Gasteiger partial charge in [-0.3, -0.25) is 0 Å². The Bertz CT molecular complexity index is 759. The van der Waals surface area contributed by atoms with Gasteiger partial charge in [-0.25, -0.2) is 4.98 Å². The van der Waals surface area contributed by atoms with Gasteiger partial charge in [-0.15, -0.1) is 11.3 Å². The summed E-state index contributed by atoms with van der Waals surface area (Å²) in [7, 11) is 0. The fourth-order valence-electron chi connectivity index (χ4n) is 2.82. The number of nitrogens with one attached hydrogen (secondary N) is 1. The molecule has 0 aliphatic heterocycles. The molecule has 0 bridgehead atoms. The number of H-pyrrole nitrogens is 1. The second kappa shape index (κ2) is 5.96. The third-order valence-corrected chi connectivity index (χ3v) is 5.43. The molecule has 0 amide bonds. The van der Waals surface area contributed by atoms with Gasteiger partial charge in [-0.2, -0.15) is 0 Å². The van der Waals surface area contributed by atoms with E-state index < -0.39 is 6.29 Å². The van der Waals surface area contributed by atoms with E-state index in [0.29, 0.717) is 9.52 Å². The molecular formula is C15H18N2O2S2. The molecule has 0 saturated carbocycles. The average molecular weight is 322 g/mol. The quantitative estimate of drug-likeness (QED) is 0.458. The topological polar surface area (TPSA) is 69.1 Å². The van der Waals surface area contributed by atoms with Gasteiger partial charge in [0.2, 0.25) is 0 Å². The van der Waals surface area contributed by atoms with Crippen LogP contribution < -0.4 is 0 Å². The molecule has 21 heavy (non-hydrogen) atoms. The highest BCUT2D eigenvalue weighted by molar-refractivity contribution is 7.71. The maximum atomic E-state index is 9.41. The number of aliphatic hydroxyl groups excluding tert-OH is 1. The molecule has 112 valence electrons. The Morgan fingerprint density at radius 2 is 2.24 bits per heavy atom. The van der Waals surface area contributed by atoms with Crippen molar-refractivity contribution in [3.05, 3.63) is 32.6 Å². The summed E-state index contributed by atoms with van der Waals surface area (Å²) in [6.07, 6.45) is 6.43. The van der Waals surface area contributed by atoms with Crippen LogP contribution in [0.4, 0.5) is 0 Å². The van der Waals surface area contributed by atoms with Crippen LogP contribution in [0.2, 0.25) is 0 Å². The molecule has 2 aromatic rings. The summed E-state index contributed by atoms with van der Waals surface area (Å²) in [5.41, 5.74) is 2.22. The van der Waals surface area contributed by atoms with E-state index in [0.717, 1.165) is 40.9 Å². The zero-order valence-electron chi connectivity index (χ0n) is 11.8. The maximum absolute atomic E-state index is 9.41. The first-order valence-electron chi connectivity index (χ1n) is 7.12. The Hall–Kier alpha value is -1.08. The number of aromatic amines is 1. The Balaban J connectivity index is 2.02. The molecule has 4 nitrogen and oxygen atoms in total. The fraction of sp³-hybridized carbons (Fsp3) is 0.467. The van der Waals surface area contributed by atoms with Gasteiger partial charge in [-0.1, -0.05) is 23.9 Å². The third kappa shape index (κ3) is 2.94. The third-order valence-electron chi connectivity index (χ3n) is 3.90. The average Bonchev–Trinajstić information content (AvgIpc) is 2.77. The molecule has 0 saturated heterocycles. The summed E-state index contributed by atoms with van der Waals surface area (Å²) < 4.78 is 0.632. The summed E-state index contributed by atoms with van der Waals surface area (Å²) in [5, 5.41) is 19.7. The lowest BCUT2D eigenvalue weighted by molar-refractivity contribution is -0.0398. The number of aliphatic hydroxyl groups is 2. The van der Waals surface area contributed by atoms with Crippen LogP contribution in [-0.2, 0) is 6.42 Å². The Morgan fingerprint density at radius 1 is 1.43 bits per heavy atom. The molecule has 3 N–H and O–H groups in total. The predicted molar refractivity (Wildman–Crippen MR) is 87.0 cm³/mol. The molecule has 0 spiro atoms. The van der Waals surface area contributed by atoms with Crippen LogP contribution in [-0.4, -0.2) is 20.2 Å². The molecule has 3 rings (SSSR count). The standard InChI is InChI=1S/C15H18N2O2S2/c1-8-11-13(20)16-10(7-9-5-3-2-4-6-9)17-14(11)21-12(8)15(18)19/h5,15,18-19H,2-4,6-7H2,1H3,(H,16,17,20). The molecule has 1 aliphatic carbocycles. The van der Waals surface area contributed by atoms with Crippen LogP contribution >= 0.6 is 23.6 Å². The lowest BCUT2D eigenvalue weighted by atomic mass is 9.97. The number of rotatable bonds is 3. The Labute approximate surface area is 132 Å². The molecule has 2 heterocycles. The van der Waals surface area contributed by atoms with E-state index in [2.05, 4.69) is 16.0 Å². The van der Waals surface area contributed by atoms with Crippen molar-refractivity contribution in [2.45, 2.75) is 45.3 Å². The second-order valence-corrected chi connectivity index (χ2v) is 6.88. The van der Waals surface area contributed by atoms with E-state index >= 15 is 0 Å². The minimum Gasteiger partial charge on any atom is -0.364 e. The minimum absolute atomic E-state index is 0.519. The number of nitrogens with zero attached hydrogens (tertiary/aromatic N) is 1. The van der Waals surface area contributed by atoms with Crippen molar-refractivity contribution in [2.75, 3.05) is 0 Å². The maximum Gasteiger partial charge on any atom is 0.188 e. The number of thiophene rings is 1. The van der Waals surface area contributed by atoms with E-state index in [-0.39, 0.29) is 0 Å². The number of hydrogen-bond donors (Lipinski definition) is 3. The van der Waals surface area contributed by atoms with Gasteiger partial charge in [0, 0.05) is 11.8 Å². The molecule has 0 aromatic carbocycles. The van der Waals surface area contributed by atoms with Crippen molar-refractivity contribution < 1.29 is 10.2 Å². The van der Waals surface area contributed by atoms with E-state index in [1.807, 2.05) is 6.92 Å². The van der Waals surface area contributed by atoms with Gasteiger partial charge in [-0.05, 0) is 38.2 Å². The van der Waals surface area contributed by atoms with Gasteiger partial charge < -0.3 is 15.2 Å². The van der Waals surface area contributed by atoms with Crippen molar-refractivity contribution in [3.8, 4) is 0 Å². The van der Waals surface area contributed by atoms with Gasteiger partial charge in [0.1, 0.15) is 15.3 Å². The van der Waals surface area contributed by atoms with E-state index in [9.17, 15) is 10.2 Å². The van der Waals surface area contributed by atoms with E-state index in [1.54, 1.807) is 0 Å². The minimum atomic E-state index is -1.47. The van der Waals surface area contributed by atoms with Gasteiger partial charge >= 0.3 is 0 Å². The summed E-state index contributed by atoms with van der Waals surface area (Å²) in [4.78, 5) is 9.13. The normalized spacial score (nSPS) is 15.7. The summed E-state index contributed by atoms with van der Waals surface area (Å²) in [6, 6.07) is 0. The molecular weight excluding hydrogens is 304 g/mol. The zero-order valence-corrected chi connectivity index (χ0v) is 13.5. The number of aromatic nitrogens is 2. The van der Waals surface area contributed by atoms with Crippen LogP contribution in [0.25, 0.3) is 10.2 Å². The van der Waals surface area contributed by atoms with Crippen molar-refractivity contribution in [1.82, 2.24) is 9.97 Å². The van der Waals surface area contributed by atoms with Gasteiger partial charge in [0.15, 0.2) is 6.29 Å². The Kier molecular flexibility index (Phi) is 4.21. The first-order valence-corrected chi connectivity index (χ1v) is 8.35. The first-order chi connectivity index (χ1) is 10.1. The second-order valence-electron chi connectivity index (χ2n) is 5.44. The highest BCUT2D eigenvalue weighted by atomic mass is 32.1. The molecule has 1 aliphatic rings. The summed E-state index contributed by atoms with van der Waals surface area (Å²) in [6.45, 7) is 1.85. The summed E-state index contributed by atoms with van der Waals surface area (Å²) in [5.74, 6) is 0.862. The fourth-order valence-corrected chi connectivity index (χ4v) is 4.33. The van der Waals surface area contributed by atoms with Gasteiger partial charge in [0.05, 0.1) is 4.88 Å². The lowest BCUT2D eigenvalue weighted by Gasteiger charge is -2.12. The van der Waals surface area contributed by atoms with Crippen LogP contribution in [0.15, 0.2) is 11.6 Å². The smallest absolute Gasteiger partial charge is 0.188 e. The van der Waals surface area contributed by atoms with Crippen molar-refractivity contribution in [1.29, 1.82) is 0 Å². The zero-order chi connectivity index (χ0) is 15.0. The van der Waals surface area contributed by atoms with E-state index in [4.69, 9.17) is 12.2 Å². The molecule has 6 heteroatoms.